The van der Waals surface area contributed by atoms with Gasteiger partial charge in [-0.2, -0.15) is 0 Å². The van der Waals surface area contributed by atoms with Gasteiger partial charge in [0.1, 0.15) is 22.6 Å². The molecule has 0 fully saturated rings. The zero-order chi connectivity index (χ0) is 28.8. The second kappa shape index (κ2) is 9.44. The van der Waals surface area contributed by atoms with E-state index >= 15 is 0 Å². The predicted molar refractivity (Wildman–Crippen MR) is 169 cm³/mol. The molecular weight excluding hydrogens is 646 g/mol. The summed E-state index contributed by atoms with van der Waals surface area (Å²) in [4.78, 5) is 36.5. The van der Waals surface area contributed by atoms with Gasteiger partial charge >= 0.3 is 0 Å². The van der Waals surface area contributed by atoms with Crippen LogP contribution in [0.4, 0.5) is 17.1 Å². The summed E-state index contributed by atoms with van der Waals surface area (Å²) in [5.74, 6) is 2.02. The largest absolute Gasteiger partial charge is 0.397 e. The second-order valence-electron chi connectivity index (χ2n) is 10.5. The minimum absolute atomic E-state index is 0. The van der Waals surface area contributed by atoms with Gasteiger partial charge in [0.25, 0.3) is 0 Å². The Hall–Kier alpha value is -5.62. The van der Waals surface area contributed by atoms with E-state index in [1.165, 1.54) is 0 Å². The summed E-state index contributed by atoms with van der Waals surface area (Å²) in [6.07, 6.45) is 0. The molecule has 8 N–H and O–H groups in total. The van der Waals surface area contributed by atoms with Crippen LogP contribution in [-0.2, 0) is 22.4 Å². The molecule has 0 saturated heterocycles. The third kappa shape index (κ3) is 3.67. The fourth-order valence-electron chi connectivity index (χ4n) is 5.87. The number of hydrogen-bond donors (Lipinski definition) is 5. The van der Waals surface area contributed by atoms with E-state index in [2.05, 4.69) is 9.97 Å². The Labute approximate surface area is 264 Å². The molecule has 215 valence electrons. The Balaban J connectivity index is 0.00000289. The van der Waals surface area contributed by atoms with Gasteiger partial charge in [-0.05, 0) is 6.07 Å². The van der Waals surface area contributed by atoms with Gasteiger partial charge < -0.3 is 27.2 Å². The number of anilines is 3. The van der Waals surface area contributed by atoms with Gasteiger partial charge in [0.2, 0.25) is 0 Å². The van der Waals surface area contributed by atoms with Gasteiger partial charge in [0.05, 0.1) is 22.4 Å². The van der Waals surface area contributed by atoms with Crippen molar-refractivity contribution < 1.29 is 22.4 Å². The number of rotatable bonds is 0. The Morgan fingerprint density at radius 2 is 0.818 bits per heavy atom. The van der Waals surface area contributed by atoms with Crippen LogP contribution in [0, 0.1) is 0 Å². The molecular formula is C32H21AgN11. The van der Waals surface area contributed by atoms with Crippen molar-refractivity contribution in [3.8, 4) is 45.6 Å². The first-order chi connectivity index (χ1) is 21.0. The first kappa shape index (κ1) is 26.0. The van der Waals surface area contributed by atoms with E-state index < -0.39 is 0 Å². The van der Waals surface area contributed by atoms with Crippen molar-refractivity contribution >= 4 is 61.2 Å². The fraction of sp³-hybridized carbons (Fsp3) is 0. The molecule has 11 nitrogen and oxygen atoms in total. The number of benzene rings is 4. The number of aromatic amines is 2. The quantitative estimate of drug-likeness (QED) is 0.101. The summed E-state index contributed by atoms with van der Waals surface area (Å²) >= 11 is 0. The van der Waals surface area contributed by atoms with Gasteiger partial charge in [-0.25, -0.2) is 29.9 Å². The molecule has 5 heterocycles. The normalized spacial score (nSPS) is 11.7. The molecule has 3 aromatic heterocycles. The van der Waals surface area contributed by atoms with E-state index in [1.807, 2.05) is 72.8 Å². The Morgan fingerprint density at radius 3 is 1.30 bits per heavy atom. The minimum Gasteiger partial charge on any atom is -0.397 e. The summed E-state index contributed by atoms with van der Waals surface area (Å²) in [5, 5.41) is 3.09. The molecule has 0 saturated carbocycles. The number of nitrogens with two attached hydrogens (primary N) is 3. The number of H-pyrrole nitrogens is 2. The average molecular weight is 667 g/mol. The van der Waals surface area contributed by atoms with Crippen molar-refractivity contribution in [3.05, 3.63) is 78.9 Å². The molecule has 2 aliphatic rings. The molecule has 12 heteroatoms. The van der Waals surface area contributed by atoms with Crippen LogP contribution in [0.15, 0.2) is 78.9 Å². The first-order valence-corrected chi connectivity index (χ1v) is 13.6. The van der Waals surface area contributed by atoms with Crippen molar-refractivity contribution in [1.82, 2.24) is 39.9 Å². The van der Waals surface area contributed by atoms with Crippen LogP contribution >= 0.6 is 0 Å². The number of aromatic nitrogens is 8. The van der Waals surface area contributed by atoms with Gasteiger partial charge in [0.15, 0.2) is 23.3 Å². The molecule has 1 radical (unpaired) electrons. The Morgan fingerprint density at radius 1 is 0.432 bits per heavy atom. The number of nitrogen functional groups attached to an aromatic ring is 3. The van der Waals surface area contributed by atoms with E-state index in [4.69, 9.17) is 47.1 Å². The maximum absolute atomic E-state index is 6.55. The van der Waals surface area contributed by atoms with Crippen molar-refractivity contribution in [1.29, 1.82) is 0 Å². The minimum atomic E-state index is 0. The number of nitrogens with one attached hydrogen (secondary N) is 2. The summed E-state index contributed by atoms with van der Waals surface area (Å²) in [6.45, 7) is 0. The summed E-state index contributed by atoms with van der Waals surface area (Å²) in [7, 11) is 0. The van der Waals surface area contributed by atoms with E-state index in [0.717, 1.165) is 33.0 Å². The van der Waals surface area contributed by atoms with Gasteiger partial charge in [-0.15, -0.1) is 0 Å². The van der Waals surface area contributed by atoms with Gasteiger partial charge in [-0.1, -0.05) is 72.8 Å². The maximum atomic E-state index is 6.55. The van der Waals surface area contributed by atoms with E-state index in [-0.39, 0.29) is 28.1 Å². The third-order valence-electron chi connectivity index (χ3n) is 7.95. The molecule has 7 aromatic rings. The van der Waals surface area contributed by atoms with Crippen LogP contribution < -0.4 is 17.2 Å². The average Bonchev–Trinajstić information content (AvgIpc) is 3.75. The van der Waals surface area contributed by atoms with Crippen LogP contribution in [0.25, 0.3) is 89.7 Å². The molecule has 0 aliphatic carbocycles. The zero-order valence-electron chi connectivity index (χ0n) is 22.7. The van der Waals surface area contributed by atoms with Crippen molar-refractivity contribution in [3.63, 3.8) is 0 Å². The molecule has 44 heavy (non-hydrogen) atoms. The van der Waals surface area contributed by atoms with Crippen LogP contribution in [0.2, 0.25) is 0 Å². The van der Waals surface area contributed by atoms with Gasteiger partial charge in [-0.3, -0.25) is 0 Å². The molecule has 0 unspecified atom stereocenters. The molecule has 2 aliphatic heterocycles. The monoisotopic (exact) mass is 666 g/mol. The number of nitrogens with zero attached hydrogens (tertiary/aromatic N) is 6. The Bertz CT molecular complexity index is 2520. The van der Waals surface area contributed by atoms with E-state index in [9.17, 15) is 0 Å². The standard InChI is InChI=1S/C32H21N11.Ag/c33-21-13-20-22(24(35)23(21)34)32-42-30-19-12-6-5-11-18(19)28(40-30)38-26-15-8-2-1-7-14(15)25(36-26)37-27-16-9-3-4-10-17(16)29(39-27)41-31(20)43-32;/h1-13H,33-35H2,(H2,36,37,38,39,40,41,42,43);. The zero-order valence-corrected chi connectivity index (χ0v) is 24.2. The van der Waals surface area contributed by atoms with Crippen LogP contribution in [-0.4, -0.2) is 39.9 Å². The van der Waals surface area contributed by atoms with Crippen LogP contribution in [0.1, 0.15) is 0 Å². The van der Waals surface area contributed by atoms with Crippen molar-refractivity contribution in [2.75, 3.05) is 17.2 Å². The van der Waals surface area contributed by atoms with E-state index in [1.54, 1.807) is 6.07 Å². The predicted octanol–water partition coefficient (Wildman–Crippen LogP) is 5.61. The Kier molecular flexibility index (Phi) is 5.59. The molecule has 0 amide bonds. The molecule has 0 atom stereocenters. The molecule has 8 bridgehead atoms. The summed E-state index contributed by atoms with van der Waals surface area (Å²) in [5.41, 5.74) is 25.6. The maximum Gasteiger partial charge on any atom is 0.164 e. The smallest absolute Gasteiger partial charge is 0.164 e. The van der Waals surface area contributed by atoms with Crippen LogP contribution in [0.5, 0.6) is 0 Å². The number of hydrogen-bond acceptors (Lipinski definition) is 9. The summed E-state index contributed by atoms with van der Waals surface area (Å²) in [6, 6.07) is 25.4. The van der Waals surface area contributed by atoms with E-state index in [0.29, 0.717) is 68.0 Å². The van der Waals surface area contributed by atoms with Crippen molar-refractivity contribution in [2.45, 2.75) is 0 Å². The van der Waals surface area contributed by atoms with Crippen molar-refractivity contribution in [2.24, 2.45) is 0 Å². The molecule has 9 rings (SSSR count). The first-order valence-electron chi connectivity index (χ1n) is 13.6. The topological polar surface area (TPSA) is 187 Å². The SMILES string of the molecule is Nc1cc2c3nc4nc(nc5[nH]c(nc6nc(nc([nH]3)c2c(N)c1N)-c1ccccc1-6)c1ccccc51)-c1ccccc1-4.[Ag]. The molecule has 4 aromatic carbocycles. The number of fused-ring (bicyclic) bond motifs is 20. The second-order valence-corrected chi connectivity index (χ2v) is 10.5. The van der Waals surface area contributed by atoms with Gasteiger partial charge in [0, 0.05) is 60.8 Å². The van der Waals surface area contributed by atoms with Crippen LogP contribution in [0.3, 0.4) is 0 Å². The molecule has 0 spiro atoms. The third-order valence-corrected chi connectivity index (χ3v) is 7.95. The summed E-state index contributed by atoms with van der Waals surface area (Å²) < 4.78 is 0. The fourth-order valence-corrected chi connectivity index (χ4v) is 5.87.